The zero-order valence-electron chi connectivity index (χ0n) is 8.91. The van der Waals surface area contributed by atoms with Crippen LogP contribution in [0.5, 0.6) is 0 Å². The molecule has 0 saturated carbocycles. The Morgan fingerprint density at radius 1 is 1.39 bits per heavy atom. The first-order valence-corrected chi connectivity index (χ1v) is 6.78. The zero-order valence-corrected chi connectivity index (χ0v) is 12.7. The highest BCUT2D eigenvalue weighted by atomic mass is 127. The van der Waals surface area contributed by atoms with Crippen molar-refractivity contribution in [2.24, 2.45) is 0 Å². The lowest BCUT2D eigenvalue weighted by atomic mass is 10.2. The number of aromatic nitrogens is 2. The first-order chi connectivity index (χ1) is 8.47. The first-order valence-electron chi connectivity index (χ1n) is 4.90. The smallest absolute Gasteiger partial charge is 0.295 e. The summed E-state index contributed by atoms with van der Waals surface area (Å²) in [7, 11) is 0. The number of nitrogens with zero attached hydrogens (tertiary/aromatic N) is 1. The number of hydrogen-bond acceptors (Lipinski definition) is 2. The van der Waals surface area contributed by atoms with Crippen LogP contribution in [0.15, 0.2) is 38.5 Å². The Hall–Kier alpha value is -0.960. The number of benzene rings is 1. The van der Waals surface area contributed by atoms with Gasteiger partial charge >= 0.3 is 5.69 Å². The van der Waals surface area contributed by atoms with Gasteiger partial charge in [0.1, 0.15) is 5.82 Å². The molecular weight excluding hydrogens is 418 g/mol. The standard InChI is InChI=1S/C11H7BrFIN2O2/c12-7-3-6(1-2-8(7)13)4-16-5-9(14)10(17)15-11(16)18/h1-3,5H,4H2,(H,15,17,18). The van der Waals surface area contributed by atoms with E-state index in [4.69, 9.17) is 0 Å². The van der Waals surface area contributed by atoms with Gasteiger partial charge in [-0.25, -0.2) is 9.18 Å². The third-order valence-corrected chi connectivity index (χ3v) is 3.68. The summed E-state index contributed by atoms with van der Waals surface area (Å²) in [5.41, 5.74) is -0.133. The lowest BCUT2D eigenvalue weighted by molar-refractivity contribution is 0.618. The molecule has 94 valence electrons. The van der Waals surface area contributed by atoms with Crippen LogP contribution in [0.1, 0.15) is 5.56 Å². The van der Waals surface area contributed by atoms with Gasteiger partial charge in [-0.3, -0.25) is 14.3 Å². The minimum absolute atomic E-state index is 0.268. The fraction of sp³-hybridized carbons (Fsp3) is 0.0909. The van der Waals surface area contributed by atoms with E-state index < -0.39 is 11.2 Å². The van der Waals surface area contributed by atoms with Crippen LogP contribution in [-0.4, -0.2) is 9.55 Å². The van der Waals surface area contributed by atoms with E-state index in [2.05, 4.69) is 20.9 Å². The summed E-state index contributed by atoms with van der Waals surface area (Å²) in [6, 6.07) is 4.51. The van der Waals surface area contributed by atoms with E-state index in [9.17, 15) is 14.0 Å². The molecule has 0 atom stereocenters. The molecule has 1 aromatic heterocycles. The van der Waals surface area contributed by atoms with E-state index in [1.54, 1.807) is 12.1 Å². The van der Waals surface area contributed by atoms with Gasteiger partial charge in [0, 0.05) is 6.20 Å². The zero-order chi connectivity index (χ0) is 13.3. The van der Waals surface area contributed by atoms with Crippen LogP contribution in [0.4, 0.5) is 4.39 Å². The minimum atomic E-state index is -0.485. The molecular formula is C11H7BrFIN2O2. The van der Waals surface area contributed by atoms with E-state index >= 15 is 0 Å². The van der Waals surface area contributed by atoms with Crippen molar-refractivity contribution >= 4 is 38.5 Å². The average molecular weight is 425 g/mol. The maximum atomic E-state index is 13.1. The average Bonchev–Trinajstić information content (AvgIpc) is 2.31. The van der Waals surface area contributed by atoms with Gasteiger partial charge in [0.05, 0.1) is 14.6 Å². The van der Waals surface area contributed by atoms with Crippen molar-refractivity contribution in [3.63, 3.8) is 0 Å². The second kappa shape index (κ2) is 5.35. The molecule has 4 nitrogen and oxygen atoms in total. The van der Waals surface area contributed by atoms with E-state index in [1.807, 2.05) is 22.6 Å². The number of nitrogens with one attached hydrogen (secondary N) is 1. The summed E-state index contributed by atoms with van der Waals surface area (Å²) in [6.45, 7) is 0.268. The number of rotatable bonds is 2. The highest BCUT2D eigenvalue weighted by molar-refractivity contribution is 14.1. The molecule has 18 heavy (non-hydrogen) atoms. The molecule has 0 fully saturated rings. The summed E-state index contributed by atoms with van der Waals surface area (Å²) in [6.07, 6.45) is 1.47. The molecule has 0 spiro atoms. The Balaban J connectivity index is 2.40. The largest absolute Gasteiger partial charge is 0.328 e. The normalized spacial score (nSPS) is 10.6. The summed E-state index contributed by atoms with van der Waals surface area (Å²) in [4.78, 5) is 25.0. The first kappa shape index (κ1) is 13.5. The summed E-state index contributed by atoms with van der Waals surface area (Å²) in [5.74, 6) is -0.359. The number of aromatic amines is 1. The number of H-pyrrole nitrogens is 1. The molecule has 1 aromatic carbocycles. The van der Waals surface area contributed by atoms with E-state index in [0.717, 1.165) is 5.56 Å². The predicted octanol–water partition coefficient (Wildman–Crippen LogP) is 2.09. The number of hydrogen-bond donors (Lipinski definition) is 1. The van der Waals surface area contributed by atoms with Crippen LogP contribution in [0.3, 0.4) is 0 Å². The molecule has 0 aliphatic heterocycles. The molecule has 2 aromatic rings. The molecule has 0 aliphatic rings. The third kappa shape index (κ3) is 2.89. The van der Waals surface area contributed by atoms with E-state index in [-0.39, 0.29) is 12.4 Å². The van der Waals surface area contributed by atoms with Crippen molar-refractivity contribution in [2.45, 2.75) is 6.54 Å². The molecule has 1 N–H and O–H groups in total. The van der Waals surface area contributed by atoms with E-state index in [1.165, 1.54) is 16.8 Å². The van der Waals surface area contributed by atoms with Gasteiger partial charge < -0.3 is 0 Å². The predicted molar refractivity (Wildman–Crippen MR) is 77.2 cm³/mol. The summed E-state index contributed by atoms with van der Waals surface area (Å²) >= 11 is 4.93. The van der Waals surface area contributed by atoms with Crippen LogP contribution in [0, 0.1) is 9.39 Å². The second-order valence-electron chi connectivity index (χ2n) is 3.61. The van der Waals surface area contributed by atoms with Crippen molar-refractivity contribution in [1.29, 1.82) is 0 Å². The topological polar surface area (TPSA) is 54.9 Å². The SMILES string of the molecule is O=c1[nH]c(=O)n(Cc2ccc(F)c(Br)c2)cc1I. The van der Waals surface area contributed by atoms with Crippen LogP contribution in [0.25, 0.3) is 0 Å². The fourth-order valence-electron chi connectivity index (χ4n) is 1.43. The lowest BCUT2D eigenvalue weighted by Crippen LogP contribution is -2.31. The van der Waals surface area contributed by atoms with Crippen LogP contribution in [0.2, 0.25) is 0 Å². The fourth-order valence-corrected chi connectivity index (χ4v) is 2.33. The van der Waals surface area contributed by atoms with Gasteiger partial charge in [-0.15, -0.1) is 0 Å². The van der Waals surface area contributed by atoms with Gasteiger partial charge in [-0.2, -0.15) is 0 Å². The Morgan fingerprint density at radius 2 is 2.11 bits per heavy atom. The highest BCUT2D eigenvalue weighted by Gasteiger charge is 2.05. The molecule has 2 rings (SSSR count). The molecule has 0 saturated heterocycles. The highest BCUT2D eigenvalue weighted by Crippen LogP contribution is 2.17. The maximum absolute atomic E-state index is 13.1. The molecule has 0 amide bonds. The summed E-state index contributed by atoms with van der Waals surface area (Å²) < 4.78 is 15.2. The van der Waals surface area contributed by atoms with Crippen molar-refractivity contribution < 1.29 is 4.39 Å². The Morgan fingerprint density at radius 3 is 2.78 bits per heavy atom. The Kier molecular flexibility index (Phi) is 4.00. The molecule has 0 aliphatic carbocycles. The Bertz CT molecular complexity index is 711. The number of halogens is 3. The molecule has 0 radical (unpaired) electrons. The van der Waals surface area contributed by atoms with Crippen LogP contribution in [-0.2, 0) is 6.54 Å². The quantitative estimate of drug-likeness (QED) is 0.750. The van der Waals surface area contributed by atoms with Gasteiger partial charge in [-0.05, 0) is 56.2 Å². The van der Waals surface area contributed by atoms with Crippen LogP contribution < -0.4 is 11.2 Å². The van der Waals surface area contributed by atoms with E-state index in [0.29, 0.717) is 8.04 Å². The second-order valence-corrected chi connectivity index (χ2v) is 5.63. The van der Waals surface area contributed by atoms with Crippen molar-refractivity contribution in [1.82, 2.24) is 9.55 Å². The van der Waals surface area contributed by atoms with Crippen molar-refractivity contribution in [3.8, 4) is 0 Å². The van der Waals surface area contributed by atoms with Crippen molar-refractivity contribution in [3.05, 3.63) is 64.7 Å². The van der Waals surface area contributed by atoms with Gasteiger partial charge in [0.15, 0.2) is 0 Å². The van der Waals surface area contributed by atoms with Gasteiger partial charge in [0.25, 0.3) is 5.56 Å². The molecule has 7 heteroatoms. The Labute approximate surface area is 123 Å². The maximum Gasteiger partial charge on any atom is 0.328 e. The third-order valence-electron chi connectivity index (χ3n) is 2.30. The lowest BCUT2D eigenvalue weighted by Gasteiger charge is -2.06. The van der Waals surface area contributed by atoms with Gasteiger partial charge in [-0.1, -0.05) is 6.07 Å². The monoisotopic (exact) mass is 424 g/mol. The summed E-state index contributed by atoms with van der Waals surface area (Å²) in [5, 5.41) is 0. The molecule has 0 bridgehead atoms. The molecule has 1 heterocycles. The minimum Gasteiger partial charge on any atom is -0.295 e. The van der Waals surface area contributed by atoms with Crippen LogP contribution >= 0.6 is 38.5 Å². The van der Waals surface area contributed by atoms with Crippen molar-refractivity contribution in [2.75, 3.05) is 0 Å². The molecule has 0 unspecified atom stereocenters. The van der Waals surface area contributed by atoms with Gasteiger partial charge in [0.2, 0.25) is 0 Å².